The molecular formula is C39H71NO12. The highest BCUT2D eigenvalue weighted by atomic mass is 16.7. The summed E-state index contributed by atoms with van der Waals surface area (Å²) < 4.78 is 38.2. The van der Waals surface area contributed by atoms with Gasteiger partial charge in [-0.05, 0) is 80.3 Å². The summed E-state index contributed by atoms with van der Waals surface area (Å²) in [7, 11) is 6.87. The van der Waals surface area contributed by atoms with Gasteiger partial charge in [-0.3, -0.25) is 9.59 Å². The molecule has 2 heterocycles. The first-order valence-electron chi connectivity index (χ1n) is 19.2. The Kier molecular flexibility index (Phi) is 15.3. The maximum absolute atomic E-state index is 14.2. The number of esters is 1. The Bertz CT molecular complexity index is 1190. The predicted molar refractivity (Wildman–Crippen MR) is 194 cm³/mol. The van der Waals surface area contributed by atoms with E-state index in [2.05, 4.69) is 0 Å². The molecule has 0 spiro atoms. The first kappa shape index (κ1) is 45.1. The zero-order chi connectivity index (χ0) is 39.7. The van der Waals surface area contributed by atoms with Crippen LogP contribution in [-0.4, -0.2) is 143 Å². The summed E-state index contributed by atoms with van der Waals surface area (Å²) in [6.45, 7) is 17.6. The molecule has 4 N–H and O–H groups in total. The second-order valence-electron chi connectivity index (χ2n) is 17.2. The van der Waals surface area contributed by atoms with Crippen LogP contribution in [0, 0.1) is 29.6 Å². The van der Waals surface area contributed by atoms with Crippen molar-refractivity contribution in [3.05, 3.63) is 0 Å². The van der Waals surface area contributed by atoms with Gasteiger partial charge in [-0.25, -0.2) is 0 Å². The van der Waals surface area contributed by atoms with Gasteiger partial charge in [-0.15, -0.1) is 0 Å². The van der Waals surface area contributed by atoms with E-state index in [1.54, 1.807) is 34.8 Å². The number of nitrogens with zero attached hydrogens (tertiary/aromatic N) is 1. The predicted octanol–water partition coefficient (Wildman–Crippen LogP) is 3.10. The third-order valence-corrected chi connectivity index (χ3v) is 12.7. The lowest BCUT2D eigenvalue weighted by Gasteiger charge is -2.50. The third kappa shape index (κ3) is 9.39. The van der Waals surface area contributed by atoms with E-state index in [0.29, 0.717) is 19.3 Å². The average Bonchev–Trinajstić information content (AvgIpc) is 3.09. The number of carbonyl (C=O) groups is 2. The lowest BCUT2D eigenvalue weighted by Crippen LogP contribution is -2.61. The summed E-state index contributed by atoms with van der Waals surface area (Å²) in [6, 6.07) is -0.263. The zero-order valence-electron chi connectivity index (χ0n) is 34.2. The Balaban J connectivity index is 2.22. The molecule has 2 aliphatic heterocycles. The first-order valence-corrected chi connectivity index (χ1v) is 19.2. The van der Waals surface area contributed by atoms with E-state index >= 15 is 0 Å². The van der Waals surface area contributed by atoms with Gasteiger partial charge in [-0.2, -0.15) is 0 Å². The van der Waals surface area contributed by atoms with Crippen molar-refractivity contribution in [2.24, 2.45) is 29.6 Å². The summed E-state index contributed by atoms with van der Waals surface area (Å²) in [6.07, 6.45) is -6.23. The second-order valence-corrected chi connectivity index (χ2v) is 17.2. The molecule has 0 amide bonds. The Morgan fingerprint density at radius 3 is 1.98 bits per heavy atom. The Morgan fingerprint density at radius 2 is 1.44 bits per heavy atom. The van der Waals surface area contributed by atoms with E-state index in [9.17, 15) is 30.0 Å². The van der Waals surface area contributed by atoms with E-state index in [-0.39, 0.29) is 36.7 Å². The van der Waals surface area contributed by atoms with Crippen molar-refractivity contribution < 1.29 is 58.4 Å². The molecule has 0 aromatic rings. The molecule has 0 aromatic heterocycles. The highest BCUT2D eigenvalue weighted by Crippen LogP contribution is 2.43. The Morgan fingerprint density at radius 1 is 0.846 bits per heavy atom. The summed E-state index contributed by atoms with van der Waals surface area (Å²) in [5.41, 5.74) is -4.05. The lowest BCUT2D eigenvalue weighted by molar-refractivity contribution is -0.304. The fourth-order valence-corrected chi connectivity index (χ4v) is 9.15. The summed E-state index contributed by atoms with van der Waals surface area (Å²) in [4.78, 5) is 30.1. The molecule has 0 aromatic carbocycles. The summed E-state index contributed by atoms with van der Waals surface area (Å²) >= 11 is 0. The van der Waals surface area contributed by atoms with Gasteiger partial charge in [0.25, 0.3) is 0 Å². The number of likely N-dealkylation sites (N-methyl/N-ethyl adjacent to an activating group) is 1. The topological polar surface area (TPSA) is 174 Å². The van der Waals surface area contributed by atoms with Gasteiger partial charge in [0.15, 0.2) is 6.29 Å². The monoisotopic (exact) mass is 745 g/mol. The molecule has 304 valence electrons. The molecule has 0 bridgehead atoms. The van der Waals surface area contributed by atoms with Crippen LogP contribution in [0.5, 0.6) is 0 Å². The minimum Gasteiger partial charge on any atom is -0.459 e. The summed E-state index contributed by atoms with van der Waals surface area (Å²) in [5, 5.41) is 45.7. The van der Waals surface area contributed by atoms with E-state index < -0.39 is 95.5 Å². The van der Waals surface area contributed by atoms with Crippen LogP contribution in [0.25, 0.3) is 0 Å². The van der Waals surface area contributed by atoms with Crippen molar-refractivity contribution in [2.45, 2.75) is 179 Å². The van der Waals surface area contributed by atoms with Gasteiger partial charge in [0, 0.05) is 44.4 Å². The number of cyclic esters (lactones) is 1. The average molecular weight is 746 g/mol. The minimum atomic E-state index is -1.94. The van der Waals surface area contributed by atoms with Gasteiger partial charge in [0.05, 0.1) is 53.7 Å². The quantitative estimate of drug-likeness (QED) is 0.267. The van der Waals surface area contributed by atoms with Crippen molar-refractivity contribution in [1.82, 2.24) is 4.90 Å². The molecule has 2 saturated heterocycles. The second kappa shape index (κ2) is 17.7. The smallest absolute Gasteiger partial charge is 0.311 e. The van der Waals surface area contributed by atoms with Crippen molar-refractivity contribution in [1.29, 1.82) is 0 Å². The maximum Gasteiger partial charge on any atom is 0.311 e. The zero-order valence-corrected chi connectivity index (χ0v) is 34.2. The number of Topliss-reactive ketones (excluding diaryl/α,β-unsaturated/α-hetero) is 1. The standard InChI is InChI=1S/C39H71NO12/c1-15-28-39(10,46)33(44)23(5)29(41)21(3)18-38(9,48-14)34(52-36-30(42)27(40(11)12)17-22(4)49-36)24(6)31(25(7)35(45)51-28)50-26-16-20(2)32(43)37(8,19-26)47-13/h20-28,30-34,36,42-44,46H,15-19H2,1-14H3/t20-,21-,22-,23+,24+,25-,26-,27+,28-,30-,31+,32+,33-,34-,36+,37+,38-,39-/m1/s1. The Labute approximate surface area is 312 Å². The number of aliphatic hydroxyl groups excluding tert-OH is 3. The van der Waals surface area contributed by atoms with E-state index in [4.69, 9.17) is 28.4 Å². The fraction of sp³-hybridized carbons (Fsp3) is 0.949. The van der Waals surface area contributed by atoms with Crippen LogP contribution in [0.3, 0.4) is 0 Å². The molecule has 13 heteroatoms. The van der Waals surface area contributed by atoms with Crippen LogP contribution in [-0.2, 0) is 38.0 Å². The molecule has 3 fully saturated rings. The minimum absolute atomic E-state index is 0.142. The van der Waals surface area contributed by atoms with E-state index in [0.717, 1.165) is 0 Å². The molecule has 1 aliphatic carbocycles. The van der Waals surface area contributed by atoms with Crippen LogP contribution >= 0.6 is 0 Å². The van der Waals surface area contributed by atoms with E-state index in [1.807, 2.05) is 53.6 Å². The fourth-order valence-electron chi connectivity index (χ4n) is 9.15. The first-order chi connectivity index (χ1) is 24.0. The number of aliphatic hydroxyl groups is 4. The molecule has 3 aliphatic rings. The lowest BCUT2D eigenvalue weighted by atomic mass is 9.73. The molecule has 0 radical (unpaired) electrons. The molecule has 18 atom stereocenters. The number of carbonyl (C=O) groups excluding carboxylic acids is 2. The molecular weight excluding hydrogens is 674 g/mol. The number of methoxy groups -OCH3 is 2. The van der Waals surface area contributed by atoms with E-state index in [1.165, 1.54) is 14.0 Å². The van der Waals surface area contributed by atoms with Gasteiger partial charge in [-0.1, -0.05) is 34.6 Å². The molecule has 3 rings (SSSR count). The highest BCUT2D eigenvalue weighted by Gasteiger charge is 2.53. The van der Waals surface area contributed by atoms with Crippen molar-refractivity contribution in [3.63, 3.8) is 0 Å². The SMILES string of the molecule is CC[C@H]1OC(=O)[C@H](C)[C@@H](O[C@@H]2C[C@@H](C)[C@H](O)[C@@](C)(OC)C2)[C@H](C)[C@@H](O[C@@H]2O[C@H](C)C[C@H](N(C)C)[C@H]2O)[C@](C)(OC)C[C@@H](C)C(=O)[C@H](C)[C@@H](O)[C@]1(C)O. The molecule has 1 saturated carbocycles. The molecule has 52 heavy (non-hydrogen) atoms. The number of rotatable bonds is 8. The van der Waals surface area contributed by atoms with Gasteiger partial charge in [0.2, 0.25) is 0 Å². The Hall–Kier alpha value is -1.26. The molecule has 0 unspecified atom stereocenters. The van der Waals surface area contributed by atoms with Crippen molar-refractivity contribution in [3.8, 4) is 0 Å². The van der Waals surface area contributed by atoms with Crippen LogP contribution in [0.2, 0.25) is 0 Å². The molecule has 13 nitrogen and oxygen atoms in total. The number of ether oxygens (including phenoxy) is 6. The van der Waals surface area contributed by atoms with Gasteiger partial charge < -0.3 is 53.7 Å². The van der Waals surface area contributed by atoms with Crippen LogP contribution < -0.4 is 0 Å². The van der Waals surface area contributed by atoms with Crippen LogP contribution in [0.15, 0.2) is 0 Å². The normalized spacial score (nSPS) is 49.0. The number of hydrogen-bond donors (Lipinski definition) is 4. The summed E-state index contributed by atoms with van der Waals surface area (Å²) in [5.74, 6) is -4.37. The van der Waals surface area contributed by atoms with Gasteiger partial charge in [0.1, 0.15) is 23.6 Å². The number of hydrogen-bond acceptors (Lipinski definition) is 13. The van der Waals surface area contributed by atoms with Gasteiger partial charge >= 0.3 is 5.97 Å². The van der Waals surface area contributed by atoms with Crippen molar-refractivity contribution >= 4 is 11.8 Å². The number of ketones is 1. The van der Waals surface area contributed by atoms with Crippen molar-refractivity contribution in [2.75, 3.05) is 28.3 Å². The van der Waals surface area contributed by atoms with Crippen LogP contribution in [0.1, 0.15) is 101 Å². The maximum atomic E-state index is 14.2. The van der Waals surface area contributed by atoms with Crippen LogP contribution in [0.4, 0.5) is 0 Å². The largest absolute Gasteiger partial charge is 0.459 e. The third-order valence-electron chi connectivity index (χ3n) is 12.7. The highest BCUT2D eigenvalue weighted by molar-refractivity contribution is 5.83.